The minimum Gasteiger partial charge on any atom is -0.383 e. The fourth-order valence-corrected chi connectivity index (χ4v) is 4.11. The number of ether oxygens (including phenoxy) is 1. The molecular weight excluding hydrogens is 472 g/mol. The van der Waals surface area contributed by atoms with Gasteiger partial charge < -0.3 is 25.7 Å². The minimum absolute atomic E-state index is 0.0246. The number of halogens is 3. The van der Waals surface area contributed by atoms with Gasteiger partial charge in [0.2, 0.25) is 5.91 Å². The van der Waals surface area contributed by atoms with Gasteiger partial charge in [-0.05, 0) is 38.7 Å². The Hall–Kier alpha value is -3.05. The molecule has 1 saturated carbocycles. The molecule has 1 heterocycles. The molecule has 1 aliphatic rings. The molecule has 0 aliphatic heterocycles. The van der Waals surface area contributed by atoms with Gasteiger partial charge >= 0.3 is 0 Å². The second-order valence-corrected chi connectivity index (χ2v) is 8.62. The topological polar surface area (TPSA) is 125 Å². The first-order valence-electron chi connectivity index (χ1n) is 10.8. The zero-order chi connectivity index (χ0) is 24.8. The highest BCUT2D eigenvalue weighted by Crippen LogP contribution is 2.30. The van der Waals surface area contributed by atoms with E-state index < -0.39 is 35.3 Å². The normalized spacial score (nSPS) is 18.7. The van der Waals surface area contributed by atoms with Gasteiger partial charge in [0.25, 0.3) is 11.8 Å². The molecule has 0 unspecified atom stereocenters. The Bertz CT molecular complexity index is 1030. The summed E-state index contributed by atoms with van der Waals surface area (Å²) in [6.07, 6.45) is 3.16. The number of anilines is 1. The summed E-state index contributed by atoms with van der Waals surface area (Å²) in [6, 6.07) is 1.10. The van der Waals surface area contributed by atoms with Gasteiger partial charge in [0.1, 0.15) is 11.5 Å². The van der Waals surface area contributed by atoms with E-state index in [9.17, 15) is 23.2 Å². The van der Waals surface area contributed by atoms with E-state index >= 15 is 0 Å². The molecule has 9 nitrogen and oxygen atoms in total. The SMILES string of the molecule is COC[C@@H](C)NC(=O)c1[nH]cnc1C(=O)NC1CCC(C(=O)Nc2c(F)cc(F)cc2Cl)CC1. The van der Waals surface area contributed by atoms with E-state index in [4.69, 9.17) is 16.3 Å². The fraction of sp³-hybridized carbons (Fsp3) is 0.455. The van der Waals surface area contributed by atoms with Crippen LogP contribution in [-0.4, -0.2) is 53.5 Å². The lowest BCUT2D eigenvalue weighted by Crippen LogP contribution is -2.41. The van der Waals surface area contributed by atoms with Crippen LogP contribution in [0.3, 0.4) is 0 Å². The van der Waals surface area contributed by atoms with Crippen molar-refractivity contribution in [2.75, 3.05) is 19.0 Å². The average Bonchev–Trinajstić information content (AvgIpc) is 3.27. The lowest BCUT2D eigenvalue weighted by atomic mass is 9.85. The second-order valence-electron chi connectivity index (χ2n) is 8.21. The van der Waals surface area contributed by atoms with Crippen LogP contribution in [-0.2, 0) is 9.53 Å². The fourth-order valence-electron chi connectivity index (χ4n) is 3.87. The number of methoxy groups -OCH3 is 1. The smallest absolute Gasteiger partial charge is 0.272 e. The summed E-state index contributed by atoms with van der Waals surface area (Å²) in [5.41, 5.74) is -0.234. The first-order chi connectivity index (χ1) is 16.2. The number of amides is 3. The van der Waals surface area contributed by atoms with E-state index in [0.29, 0.717) is 38.4 Å². The van der Waals surface area contributed by atoms with Gasteiger partial charge in [0.15, 0.2) is 11.5 Å². The monoisotopic (exact) mass is 497 g/mol. The minimum atomic E-state index is -0.949. The molecule has 184 valence electrons. The highest BCUT2D eigenvalue weighted by Gasteiger charge is 2.30. The third-order valence-corrected chi connectivity index (χ3v) is 5.86. The summed E-state index contributed by atoms with van der Waals surface area (Å²) in [5.74, 6) is -3.59. The Kier molecular flexibility index (Phi) is 8.56. The molecule has 1 fully saturated rings. The predicted molar refractivity (Wildman–Crippen MR) is 121 cm³/mol. The highest BCUT2D eigenvalue weighted by atomic mass is 35.5. The van der Waals surface area contributed by atoms with Crippen molar-refractivity contribution >= 4 is 35.0 Å². The molecule has 3 amide bonds. The van der Waals surface area contributed by atoms with E-state index in [1.54, 1.807) is 6.92 Å². The summed E-state index contributed by atoms with van der Waals surface area (Å²) < 4.78 is 32.1. The number of rotatable bonds is 8. The Morgan fingerprint density at radius 1 is 1.21 bits per heavy atom. The number of hydrogen-bond donors (Lipinski definition) is 4. The second kappa shape index (κ2) is 11.4. The molecule has 12 heteroatoms. The number of imidazole rings is 1. The standard InChI is InChI=1S/C22H26ClF2N5O4/c1-11(9-34-2)28-21(32)18-19(27-10-26-18)22(33)29-14-5-3-12(4-6-14)20(31)30-17-15(23)7-13(24)8-16(17)25/h7-8,10-12,14H,3-6,9H2,1-2H3,(H,26,27)(H,28,32)(H,29,33)(H,30,31)/t11-,12?,14?/m1/s1. The van der Waals surface area contributed by atoms with Gasteiger partial charge in [0.05, 0.1) is 23.6 Å². The van der Waals surface area contributed by atoms with Crippen LogP contribution >= 0.6 is 11.6 Å². The number of nitrogens with zero attached hydrogens (tertiary/aromatic N) is 1. The van der Waals surface area contributed by atoms with Gasteiger partial charge in [-0.1, -0.05) is 11.6 Å². The molecule has 1 aliphatic carbocycles. The molecule has 1 aromatic heterocycles. The molecule has 0 bridgehead atoms. The first-order valence-corrected chi connectivity index (χ1v) is 11.2. The van der Waals surface area contributed by atoms with E-state index in [1.807, 2.05) is 0 Å². The molecule has 2 aromatic rings. The quantitative estimate of drug-likeness (QED) is 0.446. The summed E-state index contributed by atoms with van der Waals surface area (Å²) in [6.45, 7) is 2.09. The van der Waals surface area contributed by atoms with Gasteiger partial charge in [-0.2, -0.15) is 0 Å². The van der Waals surface area contributed by atoms with E-state index in [0.717, 1.165) is 6.07 Å². The first kappa shape index (κ1) is 25.6. The molecule has 0 radical (unpaired) electrons. The van der Waals surface area contributed by atoms with Gasteiger partial charge in [-0.25, -0.2) is 13.8 Å². The van der Waals surface area contributed by atoms with Crippen molar-refractivity contribution in [2.24, 2.45) is 5.92 Å². The van der Waals surface area contributed by atoms with Crippen molar-refractivity contribution in [1.29, 1.82) is 0 Å². The van der Waals surface area contributed by atoms with Gasteiger partial charge in [-0.15, -0.1) is 0 Å². The molecule has 34 heavy (non-hydrogen) atoms. The highest BCUT2D eigenvalue weighted by molar-refractivity contribution is 6.33. The van der Waals surface area contributed by atoms with Crippen LogP contribution in [0, 0.1) is 17.6 Å². The molecule has 4 N–H and O–H groups in total. The number of nitrogens with one attached hydrogen (secondary N) is 4. The zero-order valence-corrected chi connectivity index (χ0v) is 19.5. The van der Waals surface area contributed by atoms with Crippen molar-refractivity contribution in [3.8, 4) is 0 Å². The Labute approximate surface area is 200 Å². The van der Waals surface area contributed by atoms with Crippen molar-refractivity contribution in [3.63, 3.8) is 0 Å². The number of hydrogen-bond acceptors (Lipinski definition) is 5. The lowest BCUT2D eigenvalue weighted by Gasteiger charge is -2.28. The Balaban J connectivity index is 1.53. The van der Waals surface area contributed by atoms with Crippen molar-refractivity contribution < 1.29 is 27.9 Å². The third kappa shape index (κ3) is 6.29. The van der Waals surface area contributed by atoms with Crippen molar-refractivity contribution in [3.05, 3.63) is 46.5 Å². The Morgan fingerprint density at radius 3 is 2.56 bits per heavy atom. The van der Waals surface area contributed by atoms with Crippen LogP contribution in [0.2, 0.25) is 5.02 Å². The summed E-state index contributed by atoms with van der Waals surface area (Å²) in [7, 11) is 1.52. The summed E-state index contributed by atoms with van der Waals surface area (Å²) in [4.78, 5) is 44.3. The zero-order valence-electron chi connectivity index (χ0n) is 18.7. The summed E-state index contributed by atoms with van der Waals surface area (Å²) >= 11 is 5.84. The number of benzene rings is 1. The van der Waals surface area contributed by atoms with Gasteiger partial charge in [-0.3, -0.25) is 14.4 Å². The maximum atomic E-state index is 13.9. The number of carbonyl (C=O) groups excluding carboxylic acids is 3. The third-order valence-electron chi connectivity index (χ3n) is 5.56. The number of carbonyl (C=O) groups is 3. The lowest BCUT2D eigenvalue weighted by molar-refractivity contribution is -0.120. The molecule has 0 spiro atoms. The number of aromatic amines is 1. The van der Waals surface area contributed by atoms with E-state index in [2.05, 4.69) is 25.9 Å². The van der Waals surface area contributed by atoms with Crippen LogP contribution in [0.15, 0.2) is 18.5 Å². The molecular formula is C22H26ClF2N5O4. The van der Waals surface area contributed by atoms with Crippen molar-refractivity contribution in [2.45, 2.75) is 44.7 Å². The molecule has 0 saturated heterocycles. The Morgan fingerprint density at radius 2 is 1.91 bits per heavy atom. The average molecular weight is 498 g/mol. The maximum Gasteiger partial charge on any atom is 0.272 e. The van der Waals surface area contributed by atoms with Crippen LogP contribution in [0.4, 0.5) is 14.5 Å². The van der Waals surface area contributed by atoms with Gasteiger partial charge in [0, 0.05) is 31.2 Å². The molecule has 3 rings (SSSR count). The predicted octanol–water partition coefficient (Wildman–Crippen LogP) is 3.03. The maximum absolute atomic E-state index is 13.9. The van der Waals surface area contributed by atoms with Crippen molar-refractivity contribution in [1.82, 2.24) is 20.6 Å². The summed E-state index contributed by atoms with van der Waals surface area (Å²) in [5, 5.41) is 7.77. The van der Waals surface area contributed by atoms with Crippen LogP contribution in [0.1, 0.15) is 53.6 Å². The van der Waals surface area contributed by atoms with Crippen LogP contribution < -0.4 is 16.0 Å². The van der Waals surface area contributed by atoms with E-state index in [1.165, 1.54) is 13.4 Å². The largest absolute Gasteiger partial charge is 0.383 e. The van der Waals surface area contributed by atoms with E-state index in [-0.39, 0.29) is 34.2 Å². The van der Waals surface area contributed by atoms with Crippen LogP contribution in [0.5, 0.6) is 0 Å². The molecule has 1 aromatic carbocycles. The number of H-pyrrole nitrogens is 1. The van der Waals surface area contributed by atoms with Crippen LogP contribution in [0.25, 0.3) is 0 Å². The molecule has 1 atom stereocenters. The number of aromatic nitrogens is 2.